The van der Waals surface area contributed by atoms with E-state index in [0.717, 1.165) is 6.07 Å². The van der Waals surface area contributed by atoms with Crippen molar-refractivity contribution in [3.63, 3.8) is 0 Å². The van der Waals surface area contributed by atoms with E-state index >= 15 is 0 Å². The third kappa shape index (κ3) is 6.90. The average Bonchev–Trinajstić information content (AvgIpc) is 2.87. The number of rotatable bonds is 7. The van der Waals surface area contributed by atoms with Crippen LogP contribution in [0.25, 0.3) is 10.8 Å². The van der Waals surface area contributed by atoms with Gasteiger partial charge in [0.05, 0.1) is 23.5 Å². The van der Waals surface area contributed by atoms with Crippen LogP contribution in [0.1, 0.15) is 22.8 Å². The molecule has 0 aromatic heterocycles. The Morgan fingerprint density at radius 1 is 1.08 bits per heavy atom. The molecule has 0 aliphatic carbocycles. The number of ether oxygens (including phenoxy) is 1. The molecular formula is C26H20Cl2N3NaO6S. The summed E-state index contributed by atoms with van der Waals surface area (Å²) >= 11 is 12.2. The Labute approximate surface area is 256 Å². The second kappa shape index (κ2) is 12.6. The van der Waals surface area contributed by atoms with Crippen molar-refractivity contribution >= 4 is 67.1 Å². The molecule has 4 rings (SSSR count). The third-order valence-electron chi connectivity index (χ3n) is 5.61. The zero-order valence-electron chi connectivity index (χ0n) is 21.0. The molecule has 2 N–H and O–H groups in total. The minimum absolute atomic E-state index is 0. The molecule has 0 bridgehead atoms. The van der Waals surface area contributed by atoms with Crippen molar-refractivity contribution in [2.75, 3.05) is 12.4 Å². The molecule has 13 heteroatoms. The number of methoxy groups -OCH3 is 1. The van der Waals surface area contributed by atoms with Gasteiger partial charge in [0.1, 0.15) is 10.6 Å². The minimum atomic E-state index is -4.64. The van der Waals surface area contributed by atoms with Crippen LogP contribution in [0.3, 0.4) is 0 Å². The third-order valence-corrected chi connectivity index (χ3v) is 7.26. The number of hydrogen-bond acceptors (Lipinski definition) is 7. The minimum Gasteiger partial charge on any atom is -0.870 e. The summed E-state index contributed by atoms with van der Waals surface area (Å²) in [5.41, 5.74) is 0.455. The predicted molar refractivity (Wildman–Crippen MR) is 144 cm³/mol. The second-order valence-electron chi connectivity index (χ2n) is 8.10. The molecular weight excluding hydrogens is 576 g/mol. The maximum atomic E-state index is 13.4. The number of amides is 1. The predicted octanol–water partition coefficient (Wildman–Crippen LogP) is 3.71. The van der Waals surface area contributed by atoms with E-state index < -0.39 is 26.7 Å². The van der Waals surface area contributed by atoms with Gasteiger partial charge in [0.15, 0.2) is 0 Å². The molecule has 196 valence electrons. The van der Waals surface area contributed by atoms with E-state index in [-0.39, 0.29) is 51.5 Å². The molecule has 0 unspecified atom stereocenters. The van der Waals surface area contributed by atoms with Gasteiger partial charge >= 0.3 is 29.6 Å². The molecule has 0 aliphatic heterocycles. The van der Waals surface area contributed by atoms with E-state index in [1.54, 1.807) is 43.3 Å². The van der Waals surface area contributed by atoms with Gasteiger partial charge in [-0.25, -0.2) is 0 Å². The molecule has 9 nitrogen and oxygen atoms in total. The van der Waals surface area contributed by atoms with Gasteiger partial charge in [-0.3, -0.25) is 9.35 Å². The molecule has 4 aromatic rings. The van der Waals surface area contributed by atoms with Crippen LogP contribution in [0, 0.1) is 0 Å². The monoisotopic (exact) mass is 595 g/mol. The summed E-state index contributed by atoms with van der Waals surface area (Å²) in [6.07, 6.45) is 0.352. The standard InChI is InChI=1S/C26H21Cl2N3O6S.Na/c1-3-14-8-18(13-22(23(14)28)38(34,35)36)30-31-24-20-7-5-4-6-15(20)9-21(25(24)32)26(33)29-17-10-16(27)11-19(12-17)37-2;/h4-13,32H,3H2,1-2H3,(H,29,33)(H,34,35,36);/q;+1/p-1. The van der Waals surface area contributed by atoms with Gasteiger partial charge < -0.3 is 15.2 Å². The largest absolute Gasteiger partial charge is 1.00 e. The summed E-state index contributed by atoms with van der Waals surface area (Å²) in [7, 11) is -3.18. The number of azo groups is 1. The summed E-state index contributed by atoms with van der Waals surface area (Å²) in [4.78, 5) is 12.6. The number of carbonyl (C=O) groups is 1. The van der Waals surface area contributed by atoms with E-state index in [1.165, 1.54) is 25.3 Å². The molecule has 0 radical (unpaired) electrons. The van der Waals surface area contributed by atoms with Gasteiger partial charge in [0.25, 0.3) is 16.0 Å². The SMILES string of the molecule is CCc1cc(N=Nc2c([O-])c(C(=O)Nc3cc(Cl)cc(OC)c3)cc3ccccc23)cc(S(=O)(=O)O)c1Cl.[Na+]. The van der Waals surface area contributed by atoms with Crippen LogP contribution >= 0.6 is 23.2 Å². The zero-order chi connectivity index (χ0) is 27.6. The molecule has 4 aromatic carbocycles. The van der Waals surface area contributed by atoms with Gasteiger partial charge in [0.2, 0.25) is 0 Å². The van der Waals surface area contributed by atoms with Crippen molar-refractivity contribution in [1.82, 2.24) is 0 Å². The maximum Gasteiger partial charge on any atom is 1.00 e. The Balaban J connectivity index is 0.00000420. The van der Waals surface area contributed by atoms with Gasteiger partial charge in [-0.05, 0) is 47.7 Å². The van der Waals surface area contributed by atoms with Gasteiger partial charge in [-0.15, -0.1) is 0 Å². The topological polar surface area (TPSA) is 140 Å². The smallest absolute Gasteiger partial charge is 0.870 e. The Morgan fingerprint density at radius 3 is 2.46 bits per heavy atom. The fourth-order valence-electron chi connectivity index (χ4n) is 3.78. The van der Waals surface area contributed by atoms with Gasteiger partial charge in [-0.1, -0.05) is 60.1 Å². The van der Waals surface area contributed by atoms with E-state index in [4.69, 9.17) is 27.9 Å². The van der Waals surface area contributed by atoms with Crippen molar-refractivity contribution in [2.45, 2.75) is 18.2 Å². The number of fused-ring (bicyclic) bond motifs is 1. The van der Waals surface area contributed by atoms with E-state index in [0.29, 0.717) is 39.2 Å². The Bertz CT molecular complexity index is 1710. The maximum absolute atomic E-state index is 13.4. The normalized spacial score (nSPS) is 11.4. The number of halogens is 2. The van der Waals surface area contributed by atoms with Crippen molar-refractivity contribution in [3.05, 3.63) is 81.8 Å². The van der Waals surface area contributed by atoms with Crippen LogP contribution in [0.15, 0.2) is 75.8 Å². The summed E-state index contributed by atoms with van der Waals surface area (Å²) in [6, 6.07) is 15.4. The zero-order valence-corrected chi connectivity index (χ0v) is 25.4. The van der Waals surface area contributed by atoms with Gasteiger partial charge in [-0.2, -0.15) is 18.6 Å². The van der Waals surface area contributed by atoms with Crippen LogP contribution < -0.4 is 44.7 Å². The summed E-state index contributed by atoms with van der Waals surface area (Å²) < 4.78 is 38.3. The number of nitrogens with one attached hydrogen (secondary N) is 1. The van der Waals surface area contributed by atoms with E-state index in [2.05, 4.69) is 15.5 Å². The van der Waals surface area contributed by atoms with Crippen molar-refractivity contribution in [2.24, 2.45) is 10.2 Å². The summed E-state index contributed by atoms with van der Waals surface area (Å²) in [5.74, 6) is -0.976. The quantitative estimate of drug-likeness (QED) is 0.189. The van der Waals surface area contributed by atoms with Crippen LogP contribution in [0.5, 0.6) is 11.5 Å². The first kappa shape index (κ1) is 30.8. The average molecular weight is 596 g/mol. The number of benzene rings is 4. The fourth-order valence-corrected chi connectivity index (χ4v) is 5.17. The Morgan fingerprint density at radius 2 is 1.79 bits per heavy atom. The number of aryl methyl sites for hydroxylation is 1. The van der Waals surface area contributed by atoms with Crippen LogP contribution in [-0.4, -0.2) is 26.0 Å². The summed E-state index contributed by atoms with van der Waals surface area (Å²) in [5, 5.41) is 25.4. The van der Waals surface area contributed by atoms with Gasteiger partial charge in [0, 0.05) is 27.7 Å². The molecule has 0 saturated carbocycles. The molecule has 39 heavy (non-hydrogen) atoms. The van der Waals surface area contributed by atoms with Crippen LogP contribution in [0.4, 0.5) is 17.1 Å². The first-order valence-electron chi connectivity index (χ1n) is 11.1. The first-order valence-corrected chi connectivity index (χ1v) is 13.3. The van der Waals surface area contributed by atoms with Crippen molar-refractivity contribution in [3.8, 4) is 11.5 Å². The molecule has 0 saturated heterocycles. The first-order chi connectivity index (χ1) is 18.0. The molecule has 0 fully saturated rings. The number of carbonyl (C=O) groups excluding carboxylic acids is 1. The Kier molecular flexibility index (Phi) is 10.0. The van der Waals surface area contributed by atoms with Crippen LogP contribution in [-0.2, 0) is 16.5 Å². The fraction of sp³-hybridized carbons (Fsp3) is 0.115. The number of anilines is 1. The molecule has 0 spiro atoms. The number of nitrogens with zero attached hydrogens (tertiary/aromatic N) is 2. The molecule has 0 atom stereocenters. The van der Waals surface area contributed by atoms with E-state index in [1.807, 2.05) is 0 Å². The Hall–Kier alpha value is -2.70. The van der Waals surface area contributed by atoms with Crippen molar-refractivity contribution in [1.29, 1.82) is 0 Å². The van der Waals surface area contributed by atoms with Crippen LogP contribution in [0.2, 0.25) is 10.0 Å². The summed E-state index contributed by atoms with van der Waals surface area (Å²) in [6.45, 7) is 1.75. The molecule has 0 aliphatic rings. The molecule has 0 heterocycles. The molecule has 1 amide bonds. The van der Waals surface area contributed by atoms with Crippen molar-refractivity contribution < 1.29 is 57.2 Å². The number of hydrogen-bond donors (Lipinski definition) is 2. The van der Waals surface area contributed by atoms with E-state index in [9.17, 15) is 22.9 Å². The second-order valence-corrected chi connectivity index (χ2v) is 10.3.